The van der Waals surface area contributed by atoms with Crippen molar-refractivity contribution in [3.63, 3.8) is 0 Å². The summed E-state index contributed by atoms with van der Waals surface area (Å²) in [5, 5.41) is 7.31. The highest BCUT2D eigenvalue weighted by atomic mass is 16.5. The van der Waals surface area contributed by atoms with Gasteiger partial charge in [-0.1, -0.05) is 24.3 Å². The SMILES string of the molecule is CCOc1ccccc1-c1ccc2c3c1N1CCNCC1C3CCCN2. The van der Waals surface area contributed by atoms with Crippen LogP contribution in [-0.2, 0) is 0 Å². The van der Waals surface area contributed by atoms with Gasteiger partial charge in [-0.25, -0.2) is 0 Å². The molecule has 2 aromatic carbocycles. The van der Waals surface area contributed by atoms with Gasteiger partial charge in [0.1, 0.15) is 5.75 Å². The quantitative estimate of drug-likeness (QED) is 0.883. The molecule has 2 atom stereocenters. The van der Waals surface area contributed by atoms with Gasteiger partial charge in [0.05, 0.1) is 12.3 Å². The van der Waals surface area contributed by atoms with Gasteiger partial charge < -0.3 is 20.3 Å². The molecule has 0 bridgehead atoms. The maximum Gasteiger partial charge on any atom is 0.127 e. The summed E-state index contributed by atoms with van der Waals surface area (Å²) in [5.41, 5.74) is 6.87. The minimum Gasteiger partial charge on any atom is -0.493 e. The second-order valence-electron chi connectivity index (χ2n) is 7.49. The van der Waals surface area contributed by atoms with Gasteiger partial charge in [-0.05, 0) is 31.9 Å². The lowest BCUT2D eigenvalue weighted by Gasteiger charge is -2.36. The maximum absolute atomic E-state index is 5.96. The van der Waals surface area contributed by atoms with E-state index in [-0.39, 0.29) is 0 Å². The molecule has 1 saturated heterocycles. The predicted molar refractivity (Wildman–Crippen MR) is 108 cm³/mol. The summed E-state index contributed by atoms with van der Waals surface area (Å²) < 4.78 is 5.96. The molecule has 26 heavy (non-hydrogen) atoms. The molecule has 0 aliphatic carbocycles. The van der Waals surface area contributed by atoms with Crippen molar-refractivity contribution in [1.29, 1.82) is 0 Å². The summed E-state index contributed by atoms with van der Waals surface area (Å²) in [6, 6.07) is 13.7. The van der Waals surface area contributed by atoms with Crippen molar-refractivity contribution in [2.24, 2.45) is 0 Å². The molecule has 0 spiro atoms. The standard InChI is InChI=1S/C22H27N3O/c1-2-26-20-8-4-3-6-15(20)16-9-10-18-21-17(7-5-11-24-18)19-14-23-12-13-25(19)22(16)21/h3-4,6,8-10,17,19,23-24H,2,5,7,11-14H2,1H3. The van der Waals surface area contributed by atoms with Crippen LogP contribution in [-0.4, -0.2) is 38.8 Å². The number of para-hydroxylation sites is 1. The minimum atomic E-state index is 0.581. The van der Waals surface area contributed by atoms with E-state index in [1.54, 1.807) is 5.56 Å². The molecule has 2 aromatic rings. The fourth-order valence-corrected chi connectivity index (χ4v) is 5.07. The predicted octanol–water partition coefficient (Wildman–Crippen LogP) is 3.83. The lowest BCUT2D eigenvalue weighted by atomic mass is 9.88. The van der Waals surface area contributed by atoms with Crippen LogP contribution < -0.4 is 20.3 Å². The zero-order valence-electron chi connectivity index (χ0n) is 15.4. The topological polar surface area (TPSA) is 36.5 Å². The number of rotatable bonds is 3. The van der Waals surface area contributed by atoms with E-state index in [9.17, 15) is 0 Å². The van der Waals surface area contributed by atoms with Crippen LogP contribution >= 0.6 is 0 Å². The molecular weight excluding hydrogens is 322 g/mol. The van der Waals surface area contributed by atoms with E-state index in [1.165, 1.54) is 35.3 Å². The third-order valence-electron chi connectivity index (χ3n) is 6.11. The molecule has 0 aromatic heterocycles. The van der Waals surface area contributed by atoms with E-state index < -0.39 is 0 Å². The Morgan fingerprint density at radius 3 is 2.96 bits per heavy atom. The number of ether oxygens (including phenoxy) is 1. The maximum atomic E-state index is 5.96. The molecule has 5 rings (SSSR count). The molecule has 4 heteroatoms. The van der Waals surface area contributed by atoms with Crippen LogP contribution in [0.3, 0.4) is 0 Å². The fourth-order valence-electron chi connectivity index (χ4n) is 5.07. The second kappa shape index (κ2) is 6.51. The van der Waals surface area contributed by atoms with Crippen molar-refractivity contribution < 1.29 is 4.74 Å². The fraction of sp³-hybridized carbons (Fsp3) is 0.455. The van der Waals surface area contributed by atoms with Crippen LogP contribution in [0.2, 0.25) is 0 Å². The summed E-state index contributed by atoms with van der Waals surface area (Å²) in [4.78, 5) is 2.67. The molecule has 0 radical (unpaired) electrons. The minimum absolute atomic E-state index is 0.581. The molecule has 3 aliphatic heterocycles. The number of nitrogens with one attached hydrogen (secondary N) is 2. The Bertz CT molecular complexity index is 819. The highest BCUT2D eigenvalue weighted by molar-refractivity contribution is 5.90. The van der Waals surface area contributed by atoms with Gasteiger partial charge in [0.15, 0.2) is 0 Å². The van der Waals surface area contributed by atoms with Crippen molar-refractivity contribution in [3.05, 3.63) is 42.0 Å². The Kier molecular flexibility index (Phi) is 4.01. The molecule has 4 nitrogen and oxygen atoms in total. The lowest BCUT2D eigenvalue weighted by molar-refractivity contribution is 0.341. The van der Waals surface area contributed by atoms with Crippen LogP contribution in [0.5, 0.6) is 5.75 Å². The Morgan fingerprint density at radius 2 is 2.04 bits per heavy atom. The molecule has 0 amide bonds. The first kappa shape index (κ1) is 16.0. The van der Waals surface area contributed by atoms with Crippen LogP contribution in [0, 0.1) is 0 Å². The second-order valence-corrected chi connectivity index (χ2v) is 7.49. The molecular formula is C22H27N3O. The zero-order chi connectivity index (χ0) is 17.5. The smallest absolute Gasteiger partial charge is 0.127 e. The zero-order valence-corrected chi connectivity index (χ0v) is 15.4. The Labute approximate surface area is 155 Å². The van der Waals surface area contributed by atoms with Crippen molar-refractivity contribution in [3.8, 4) is 16.9 Å². The molecule has 2 N–H and O–H groups in total. The van der Waals surface area contributed by atoms with Gasteiger partial charge in [-0.3, -0.25) is 0 Å². The van der Waals surface area contributed by atoms with Crippen LogP contribution in [0.15, 0.2) is 36.4 Å². The Hall–Kier alpha value is -2.20. The van der Waals surface area contributed by atoms with Crippen molar-refractivity contribution in [2.45, 2.75) is 31.7 Å². The number of anilines is 2. The normalized spacial score (nSPS) is 23.7. The Balaban J connectivity index is 1.72. The summed E-state index contributed by atoms with van der Waals surface area (Å²) in [6.45, 7) is 7.06. The average Bonchev–Trinajstić information content (AvgIpc) is 2.86. The van der Waals surface area contributed by atoms with Crippen molar-refractivity contribution in [2.75, 3.05) is 43.0 Å². The summed E-state index contributed by atoms with van der Waals surface area (Å²) in [7, 11) is 0. The van der Waals surface area contributed by atoms with E-state index >= 15 is 0 Å². The third kappa shape index (κ3) is 2.39. The van der Waals surface area contributed by atoms with E-state index in [0.29, 0.717) is 18.6 Å². The van der Waals surface area contributed by atoms with Gasteiger partial charge in [-0.2, -0.15) is 0 Å². The number of hydrogen-bond acceptors (Lipinski definition) is 4. The van der Waals surface area contributed by atoms with Crippen LogP contribution in [0.4, 0.5) is 11.4 Å². The number of nitrogens with zero attached hydrogens (tertiary/aromatic N) is 1. The number of benzene rings is 2. The van der Waals surface area contributed by atoms with E-state index in [2.05, 4.69) is 58.9 Å². The lowest BCUT2D eigenvalue weighted by Crippen LogP contribution is -2.50. The van der Waals surface area contributed by atoms with Gasteiger partial charge in [0.2, 0.25) is 0 Å². The number of fused-ring (bicyclic) bond motifs is 3. The van der Waals surface area contributed by atoms with E-state index in [1.807, 2.05) is 0 Å². The largest absolute Gasteiger partial charge is 0.493 e. The molecule has 3 heterocycles. The van der Waals surface area contributed by atoms with Gasteiger partial charge in [-0.15, -0.1) is 0 Å². The monoisotopic (exact) mass is 349 g/mol. The molecule has 2 unspecified atom stereocenters. The van der Waals surface area contributed by atoms with Crippen molar-refractivity contribution >= 4 is 11.4 Å². The first-order valence-corrected chi connectivity index (χ1v) is 9.99. The van der Waals surface area contributed by atoms with Gasteiger partial charge in [0.25, 0.3) is 0 Å². The number of hydrogen-bond donors (Lipinski definition) is 2. The first-order chi connectivity index (χ1) is 12.9. The van der Waals surface area contributed by atoms with Crippen LogP contribution in [0.25, 0.3) is 11.1 Å². The highest BCUT2D eigenvalue weighted by Crippen LogP contribution is 2.53. The highest BCUT2D eigenvalue weighted by Gasteiger charge is 2.43. The first-order valence-electron chi connectivity index (χ1n) is 9.99. The molecule has 0 saturated carbocycles. The number of piperazine rings is 1. The summed E-state index contributed by atoms with van der Waals surface area (Å²) in [5.74, 6) is 1.62. The molecule has 1 fully saturated rings. The average molecular weight is 349 g/mol. The van der Waals surface area contributed by atoms with Gasteiger partial charge in [0, 0.05) is 60.5 Å². The van der Waals surface area contributed by atoms with E-state index in [4.69, 9.17) is 4.74 Å². The third-order valence-corrected chi connectivity index (χ3v) is 6.11. The molecule has 136 valence electrons. The van der Waals surface area contributed by atoms with Gasteiger partial charge >= 0.3 is 0 Å². The summed E-state index contributed by atoms with van der Waals surface area (Å²) >= 11 is 0. The molecule has 3 aliphatic rings. The summed E-state index contributed by atoms with van der Waals surface area (Å²) in [6.07, 6.45) is 2.51. The van der Waals surface area contributed by atoms with Crippen molar-refractivity contribution in [1.82, 2.24) is 5.32 Å². The Morgan fingerprint density at radius 1 is 1.12 bits per heavy atom. The van der Waals surface area contributed by atoms with E-state index in [0.717, 1.165) is 31.9 Å². The van der Waals surface area contributed by atoms with Crippen LogP contribution in [0.1, 0.15) is 31.2 Å².